The van der Waals surface area contributed by atoms with Gasteiger partial charge in [0.1, 0.15) is 19.3 Å². The van der Waals surface area contributed by atoms with E-state index < -0.39 is 97.5 Å². The Kier molecular flexibility index (Phi) is 78.8. The molecule has 4 unspecified atom stereocenters. The van der Waals surface area contributed by atoms with E-state index in [0.717, 1.165) is 108 Å². The molecule has 0 fully saturated rings. The van der Waals surface area contributed by atoms with Gasteiger partial charge in [0.05, 0.1) is 26.4 Å². The zero-order chi connectivity index (χ0) is 79.2. The van der Waals surface area contributed by atoms with Gasteiger partial charge in [-0.05, 0) is 37.5 Å². The van der Waals surface area contributed by atoms with Crippen LogP contribution in [0.25, 0.3) is 0 Å². The molecule has 0 saturated heterocycles. The van der Waals surface area contributed by atoms with Gasteiger partial charge in [-0.1, -0.05) is 427 Å². The van der Waals surface area contributed by atoms with Crippen LogP contribution in [0.5, 0.6) is 0 Å². The summed E-state index contributed by atoms with van der Waals surface area (Å²) < 4.78 is 69.0. The molecule has 7 atom stereocenters. The normalized spacial score (nSPS) is 14.3. The Morgan fingerprint density at radius 2 is 0.444 bits per heavy atom. The lowest BCUT2D eigenvalue weighted by Crippen LogP contribution is -2.30. The van der Waals surface area contributed by atoms with Gasteiger partial charge in [-0.15, -0.1) is 0 Å². The minimum absolute atomic E-state index is 0.108. The highest BCUT2D eigenvalue weighted by molar-refractivity contribution is 7.47. The summed E-state index contributed by atoms with van der Waals surface area (Å²) in [4.78, 5) is 73.3. The maximum absolute atomic E-state index is 13.2. The second-order valence-electron chi connectivity index (χ2n) is 32.5. The van der Waals surface area contributed by atoms with Gasteiger partial charge in [0.25, 0.3) is 0 Å². The fourth-order valence-corrected chi connectivity index (χ4v) is 15.5. The predicted octanol–water partition coefficient (Wildman–Crippen LogP) is 27.4. The largest absolute Gasteiger partial charge is 0.472 e. The van der Waals surface area contributed by atoms with Gasteiger partial charge in [-0.3, -0.25) is 37.3 Å². The molecule has 0 saturated carbocycles. The van der Waals surface area contributed by atoms with E-state index in [9.17, 15) is 43.2 Å². The molecule has 0 aliphatic heterocycles. The Hall–Kier alpha value is -1.94. The summed E-state index contributed by atoms with van der Waals surface area (Å²) in [5, 5.41) is 10.7. The number of ether oxygens (including phenoxy) is 4. The van der Waals surface area contributed by atoms with Crippen LogP contribution in [-0.4, -0.2) is 96.7 Å². The molecule has 0 heterocycles. The van der Waals surface area contributed by atoms with Crippen LogP contribution in [0, 0.1) is 11.8 Å². The first-order chi connectivity index (χ1) is 52.4. The number of unbranched alkanes of at least 4 members (excludes halogenated alkanes) is 56. The number of carbonyl (C=O) groups excluding carboxylic acids is 4. The highest BCUT2D eigenvalue weighted by Gasteiger charge is 2.31. The molecule has 19 heteroatoms. The van der Waals surface area contributed by atoms with Gasteiger partial charge < -0.3 is 33.8 Å². The Labute approximate surface area is 664 Å². The predicted molar refractivity (Wildman–Crippen MR) is 446 cm³/mol. The average Bonchev–Trinajstić information content (AvgIpc) is 0.908. The number of esters is 4. The van der Waals surface area contributed by atoms with E-state index in [0.29, 0.717) is 25.7 Å². The van der Waals surface area contributed by atoms with Crippen molar-refractivity contribution in [3.8, 4) is 0 Å². The van der Waals surface area contributed by atoms with Gasteiger partial charge >= 0.3 is 39.5 Å². The molecule has 0 rings (SSSR count). The molecule has 108 heavy (non-hydrogen) atoms. The maximum Gasteiger partial charge on any atom is 0.472 e. The van der Waals surface area contributed by atoms with E-state index in [1.807, 2.05) is 0 Å². The number of aliphatic hydroxyl groups excluding tert-OH is 1. The first-order valence-corrected chi connectivity index (χ1v) is 49.1. The Morgan fingerprint density at radius 3 is 0.657 bits per heavy atom. The molecule has 0 aromatic rings. The molecule has 0 aromatic heterocycles. The lowest BCUT2D eigenvalue weighted by molar-refractivity contribution is -0.161. The summed E-state index contributed by atoms with van der Waals surface area (Å²) in [6.45, 7) is 9.70. The minimum atomic E-state index is -4.97. The maximum atomic E-state index is 13.2. The summed E-state index contributed by atoms with van der Waals surface area (Å²) in [5.41, 5.74) is 0. The second kappa shape index (κ2) is 80.3. The quantitative estimate of drug-likeness (QED) is 0.0222. The van der Waals surface area contributed by atoms with Crippen LogP contribution in [0.15, 0.2) is 0 Å². The van der Waals surface area contributed by atoms with Crippen LogP contribution >= 0.6 is 15.6 Å². The third-order valence-corrected chi connectivity index (χ3v) is 23.6. The van der Waals surface area contributed by atoms with Crippen LogP contribution in [-0.2, 0) is 65.4 Å². The molecule has 0 aliphatic rings. The van der Waals surface area contributed by atoms with E-state index in [2.05, 4.69) is 41.5 Å². The molecule has 3 N–H and O–H groups in total. The lowest BCUT2D eigenvalue weighted by Gasteiger charge is -2.21. The summed E-state index contributed by atoms with van der Waals surface area (Å²) in [6, 6.07) is 0. The van der Waals surface area contributed by atoms with E-state index in [4.69, 9.17) is 37.0 Å². The number of carbonyl (C=O) groups is 4. The van der Waals surface area contributed by atoms with Crippen molar-refractivity contribution in [3.63, 3.8) is 0 Å². The average molecular weight is 1580 g/mol. The van der Waals surface area contributed by atoms with Crippen LogP contribution < -0.4 is 0 Å². The minimum Gasteiger partial charge on any atom is -0.462 e. The fourth-order valence-electron chi connectivity index (χ4n) is 13.9. The molecule has 0 aliphatic carbocycles. The van der Waals surface area contributed by atoms with Crippen molar-refractivity contribution < 1.29 is 80.2 Å². The van der Waals surface area contributed by atoms with Gasteiger partial charge in [0, 0.05) is 25.7 Å². The van der Waals surface area contributed by atoms with Crippen molar-refractivity contribution in [2.75, 3.05) is 39.6 Å². The third-order valence-electron chi connectivity index (χ3n) is 21.7. The first kappa shape index (κ1) is 106. The van der Waals surface area contributed by atoms with Crippen LogP contribution in [0.2, 0.25) is 0 Å². The Morgan fingerprint density at radius 1 is 0.259 bits per heavy atom. The highest BCUT2D eigenvalue weighted by Crippen LogP contribution is 2.45. The van der Waals surface area contributed by atoms with Gasteiger partial charge in [-0.2, -0.15) is 0 Å². The van der Waals surface area contributed by atoms with Crippen molar-refractivity contribution in [2.24, 2.45) is 11.8 Å². The van der Waals surface area contributed by atoms with Gasteiger partial charge in [0.15, 0.2) is 12.2 Å². The number of hydrogen-bond acceptors (Lipinski definition) is 15. The third kappa shape index (κ3) is 79.3. The summed E-state index contributed by atoms with van der Waals surface area (Å²) in [5.74, 6) is -0.520. The van der Waals surface area contributed by atoms with Gasteiger partial charge in [-0.25, -0.2) is 9.13 Å². The monoisotopic (exact) mass is 1580 g/mol. The summed E-state index contributed by atoms with van der Waals surface area (Å²) in [6.07, 6.45) is 73.7. The van der Waals surface area contributed by atoms with Crippen molar-refractivity contribution in [1.29, 1.82) is 0 Å². The van der Waals surface area contributed by atoms with Gasteiger partial charge in [0.2, 0.25) is 0 Å². The standard InChI is InChI=1S/C89H174O17P2/c1-7-11-13-15-17-19-21-23-25-27-29-30-31-32-34-36-42-46-50-54-62-67-73-88(93)105-84(77-99-86(91)71-65-59-52-48-44-40-38-37-39-43-47-51-57-63-69-81(5)9-3)79-103-107(95,96)101-75-83(90)76-102-108(97,98)104-80-85(78-100-87(92)72-66-60-56-55-58-64-70-82(6)10-4)106-89(94)74-68-61-53-49-45-41-35-33-28-26-24-22-20-18-16-14-12-8-2/h81-85,90H,7-80H2,1-6H3,(H,95,96)(H,97,98)/t81?,82?,83-,84-,85-/m1/s1. The topological polar surface area (TPSA) is 237 Å². The molecule has 17 nitrogen and oxygen atoms in total. The number of aliphatic hydroxyl groups is 1. The van der Waals surface area contributed by atoms with Crippen molar-refractivity contribution in [2.45, 2.75) is 496 Å². The van der Waals surface area contributed by atoms with Crippen LogP contribution in [0.1, 0.15) is 478 Å². The van der Waals surface area contributed by atoms with E-state index in [1.54, 1.807) is 0 Å². The molecule has 642 valence electrons. The van der Waals surface area contributed by atoms with E-state index in [1.165, 1.54) is 289 Å². The molecule has 0 spiro atoms. The fraction of sp³-hybridized carbons (Fsp3) is 0.955. The number of hydrogen-bond donors (Lipinski definition) is 3. The Balaban J connectivity index is 5.22. The summed E-state index contributed by atoms with van der Waals surface area (Å²) >= 11 is 0. The zero-order valence-corrected chi connectivity index (χ0v) is 73.0. The Bertz CT molecular complexity index is 2070. The molecule has 0 bridgehead atoms. The zero-order valence-electron chi connectivity index (χ0n) is 71.2. The molecule has 0 amide bonds. The lowest BCUT2D eigenvalue weighted by atomic mass is 9.99. The van der Waals surface area contributed by atoms with E-state index >= 15 is 0 Å². The van der Waals surface area contributed by atoms with Crippen molar-refractivity contribution in [1.82, 2.24) is 0 Å². The molecular weight excluding hydrogens is 1400 g/mol. The smallest absolute Gasteiger partial charge is 0.462 e. The second-order valence-corrected chi connectivity index (χ2v) is 35.4. The summed E-state index contributed by atoms with van der Waals surface area (Å²) in [7, 11) is -9.93. The van der Waals surface area contributed by atoms with Crippen LogP contribution in [0.3, 0.4) is 0 Å². The number of phosphoric ester groups is 2. The SMILES string of the molecule is CCCCCCCCCCCCCCCCCCCCCCCCC(=O)O[C@H](COC(=O)CCCCCCCCCCCCCCCCC(C)CC)COP(=O)(O)OC[C@@H](O)COP(=O)(O)OC[C@@H](COC(=O)CCCCCCCCC(C)CC)OC(=O)CCCCCCCCCCCCCCCCCCCC. The number of phosphoric acid groups is 2. The van der Waals surface area contributed by atoms with E-state index in [-0.39, 0.29) is 25.7 Å². The first-order valence-electron chi connectivity index (χ1n) is 46.1. The molecule has 0 aromatic carbocycles. The van der Waals surface area contributed by atoms with Crippen molar-refractivity contribution >= 4 is 39.5 Å². The van der Waals surface area contributed by atoms with Crippen molar-refractivity contribution in [3.05, 3.63) is 0 Å². The highest BCUT2D eigenvalue weighted by atomic mass is 31.2. The number of rotatable bonds is 88. The van der Waals surface area contributed by atoms with Crippen LogP contribution in [0.4, 0.5) is 0 Å². The molecule has 0 radical (unpaired) electrons. The molecular formula is C89H174O17P2.